The lowest BCUT2D eigenvalue weighted by Gasteiger charge is -2.09. The maximum absolute atomic E-state index is 11.7. The average molecular weight is 230 g/mol. The Hall–Kier alpha value is -2.03. The Balaban J connectivity index is 2.46. The van der Waals surface area contributed by atoms with Gasteiger partial charge in [0, 0.05) is 5.39 Å². The third kappa shape index (κ3) is 2.38. The normalized spacial score (nSPS) is 10.8. The molecule has 0 saturated carbocycles. The van der Waals surface area contributed by atoms with E-state index in [0.29, 0.717) is 5.56 Å². The first-order valence-corrected chi connectivity index (χ1v) is 5.50. The molecule has 2 aromatic rings. The minimum Gasteiger partial charge on any atom is -0.507 e. The van der Waals surface area contributed by atoms with Crippen molar-refractivity contribution < 1.29 is 14.6 Å². The van der Waals surface area contributed by atoms with Gasteiger partial charge < -0.3 is 9.84 Å². The SMILES string of the molecule is CC(C)OC(=O)c1cc(O)c2ccccc2c1. The van der Waals surface area contributed by atoms with Gasteiger partial charge in [0.25, 0.3) is 0 Å². The molecule has 17 heavy (non-hydrogen) atoms. The largest absolute Gasteiger partial charge is 0.507 e. The molecule has 0 aromatic heterocycles. The van der Waals surface area contributed by atoms with Crippen molar-refractivity contribution in [3.05, 3.63) is 42.0 Å². The molecule has 0 bridgehead atoms. The number of ether oxygens (including phenoxy) is 1. The van der Waals surface area contributed by atoms with Crippen LogP contribution in [0.2, 0.25) is 0 Å². The predicted octanol–water partition coefficient (Wildman–Crippen LogP) is 3.11. The lowest BCUT2D eigenvalue weighted by atomic mass is 10.1. The van der Waals surface area contributed by atoms with E-state index in [-0.39, 0.29) is 11.9 Å². The van der Waals surface area contributed by atoms with Crippen LogP contribution < -0.4 is 0 Å². The van der Waals surface area contributed by atoms with Crippen LogP contribution in [0.3, 0.4) is 0 Å². The molecule has 3 heteroatoms. The van der Waals surface area contributed by atoms with Gasteiger partial charge in [-0.2, -0.15) is 0 Å². The monoisotopic (exact) mass is 230 g/mol. The molecule has 2 aromatic carbocycles. The summed E-state index contributed by atoms with van der Waals surface area (Å²) in [7, 11) is 0. The number of benzene rings is 2. The van der Waals surface area contributed by atoms with Crippen molar-refractivity contribution >= 4 is 16.7 Å². The van der Waals surface area contributed by atoms with Crippen LogP contribution in [-0.2, 0) is 4.74 Å². The summed E-state index contributed by atoms with van der Waals surface area (Å²) in [6.07, 6.45) is -0.170. The zero-order chi connectivity index (χ0) is 12.4. The molecule has 0 saturated heterocycles. The van der Waals surface area contributed by atoms with Crippen molar-refractivity contribution in [2.45, 2.75) is 20.0 Å². The molecule has 0 fully saturated rings. The Morgan fingerprint density at radius 2 is 1.94 bits per heavy atom. The molecule has 0 aliphatic carbocycles. The predicted molar refractivity (Wildman–Crippen MR) is 66.2 cm³/mol. The summed E-state index contributed by atoms with van der Waals surface area (Å²) < 4.78 is 5.09. The molecule has 0 aliphatic heterocycles. The molecule has 0 unspecified atom stereocenters. The van der Waals surface area contributed by atoms with Crippen molar-refractivity contribution in [3.8, 4) is 5.75 Å². The summed E-state index contributed by atoms with van der Waals surface area (Å²) >= 11 is 0. The molecule has 3 nitrogen and oxygen atoms in total. The van der Waals surface area contributed by atoms with Gasteiger partial charge in [-0.3, -0.25) is 0 Å². The Morgan fingerprint density at radius 3 is 2.65 bits per heavy atom. The topological polar surface area (TPSA) is 46.5 Å². The number of hydrogen-bond acceptors (Lipinski definition) is 3. The molecule has 88 valence electrons. The van der Waals surface area contributed by atoms with E-state index in [1.54, 1.807) is 19.9 Å². The second-order valence-electron chi connectivity index (χ2n) is 4.17. The second-order valence-corrected chi connectivity index (χ2v) is 4.17. The van der Waals surface area contributed by atoms with Crippen molar-refractivity contribution in [1.29, 1.82) is 0 Å². The van der Waals surface area contributed by atoms with Crippen LogP contribution >= 0.6 is 0 Å². The Morgan fingerprint density at radius 1 is 1.24 bits per heavy atom. The maximum Gasteiger partial charge on any atom is 0.338 e. The molecule has 2 rings (SSSR count). The van der Waals surface area contributed by atoms with Crippen LogP contribution in [0.4, 0.5) is 0 Å². The number of rotatable bonds is 2. The summed E-state index contributed by atoms with van der Waals surface area (Å²) in [5.74, 6) is -0.320. The van der Waals surface area contributed by atoms with E-state index in [4.69, 9.17) is 4.74 Å². The third-order valence-electron chi connectivity index (χ3n) is 2.42. The highest BCUT2D eigenvalue weighted by atomic mass is 16.5. The maximum atomic E-state index is 11.7. The van der Waals surface area contributed by atoms with Crippen molar-refractivity contribution in [2.24, 2.45) is 0 Å². The molecule has 0 spiro atoms. The first-order chi connectivity index (χ1) is 8.08. The van der Waals surface area contributed by atoms with Crippen LogP contribution in [0.25, 0.3) is 10.8 Å². The van der Waals surface area contributed by atoms with Crippen LogP contribution in [0.5, 0.6) is 5.75 Å². The summed E-state index contributed by atoms with van der Waals surface area (Å²) in [4.78, 5) is 11.7. The molecule has 1 N–H and O–H groups in total. The number of phenolic OH excluding ortho intramolecular Hbond substituents is 1. The van der Waals surface area contributed by atoms with Crippen LogP contribution in [0, 0.1) is 0 Å². The summed E-state index contributed by atoms with van der Waals surface area (Å²) in [6, 6.07) is 10.5. The fourth-order valence-electron chi connectivity index (χ4n) is 1.69. The highest BCUT2D eigenvalue weighted by Crippen LogP contribution is 2.26. The van der Waals surface area contributed by atoms with Crippen molar-refractivity contribution in [3.63, 3.8) is 0 Å². The first-order valence-electron chi connectivity index (χ1n) is 5.50. The highest BCUT2D eigenvalue weighted by Gasteiger charge is 2.12. The third-order valence-corrected chi connectivity index (χ3v) is 2.42. The van der Waals surface area contributed by atoms with E-state index < -0.39 is 5.97 Å². The van der Waals surface area contributed by atoms with Gasteiger partial charge in [0.05, 0.1) is 11.7 Å². The zero-order valence-electron chi connectivity index (χ0n) is 9.81. The quantitative estimate of drug-likeness (QED) is 0.806. The minimum absolute atomic E-state index is 0.0961. The highest BCUT2D eigenvalue weighted by molar-refractivity contribution is 5.98. The lowest BCUT2D eigenvalue weighted by Crippen LogP contribution is -2.11. The first kappa shape index (κ1) is 11.5. The number of aromatic hydroxyl groups is 1. The van der Waals surface area contributed by atoms with Crippen molar-refractivity contribution in [2.75, 3.05) is 0 Å². The molecule has 0 amide bonds. The summed E-state index contributed by atoms with van der Waals surface area (Å²) in [5.41, 5.74) is 0.370. The van der Waals surface area contributed by atoms with Gasteiger partial charge in [0.2, 0.25) is 0 Å². The van der Waals surface area contributed by atoms with E-state index in [1.165, 1.54) is 6.07 Å². The Labute approximate surface area is 99.6 Å². The number of fused-ring (bicyclic) bond motifs is 1. The standard InChI is InChI=1S/C14H14O3/c1-9(2)17-14(16)11-7-10-5-3-4-6-12(10)13(15)8-11/h3-9,15H,1-2H3. The van der Waals surface area contributed by atoms with E-state index in [2.05, 4.69) is 0 Å². The van der Waals surface area contributed by atoms with E-state index in [9.17, 15) is 9.90 Å². The van der Waals surface area contributed by atoms with Gasteiger partial charge in [0.15, 0.2) is 0 Å². The van der Waals surface area contributed by atoms with Gasteiger partial charge in [-0.25, -0.2) is 4.79 Å². The lowest BCUT2D eigenvalue weighted by molar-refractivity contribution is 0.0377. The summed E-state index contributed by atoms with van der Waals surface area (Å²) in [6.45, 7) is 3.58. The van der Waals surface area contributed by atoms with E-state index in [0.717, 1.165) is 10.8 Å². The minimum atomic E-state index is -0.416. The number of esters is 1. The Bertz CT molecular complexity index is 558. The van der Waals surface area contributed by atoms with E-state index >= 15 is 0 Å². The fraction of sp³-hybridized carbons (Fsp3) is 0.214. The van der Waals surface area contributed by atoms with Crippen LogP contribution in [0.15, 0.2) is 36.4 Å². The van der Waals surface area contributed by atoms with Gasteiger partial charge in [-0.15, -0.1) is 0 Å². The number of phenols is 1. The molecule has 0 heterocycles. The number of carbonyl (C=O) groups is 1. The average Bonchev–Trinajstić information content (AvgIpc) is 2.28. The molecule has 0 atom stereocenters. The van der Waals surface area contributed by atoms with Gasteiger partial charge in [-0.05, 0) is 31.4 Å². The smallest absolute Gasteiger partial charge is 0.338 e. The Kier molecular flexibility index (Phi) is 3.00. The molecular formula is C14H14O3. The summed E-state index contributed by atoms with van der Waals surface area (Å²) in [5, 5.41) is 11.4. The zero-order valence-corrected chi connectivity index (χ0v) is 9.81. The molecule has 0 radical (unpaired) electrons. The molecule has 0 aliphatic rings. The van der Waals surface area contributed by atoms with Gasteiger partial charge in [0.1, 0.15) is 5.75 Å². The number of hydrogen-bond donors (Lipinski definition) is 1. The second kappa shape index (κ2) is 4.45. The van der Waals surface area contributed by atoms with Crippen molar-refractivity contribution in [1.82, 2.24) is 0 Å². The van der Waals surface area contributed by atoms with E-state index in [1.807, 2.05) is 24.3 Å². The van der Waals surface area contributed by atoms with Crippen LogP contribution in [0.1, 0.15) is 24.2 Å². The fourth-order valence-corrected chi connectivity index (χ4v) is 1.69. The van der Waals surface area contributed by atoms with Crippen LogP contribution in [-0.4, -0.2) is 17.2 Å². The van der Waals surface area contributed by atoms with Gasteiger partial charge >= 0.3 is 5.97 Å². The molecular weight excluding hydrogens is 216 g/mol. The van der Waals surface area contributed by atoms with Gasteiger partial charge in [-0.1, -0.05) is 24.3 Å². The number of carbonyl (C=O) groups excluding carboxylic acids is 1.